The molecule has 0 radical (unpaired) electrons. The molecule has 1 aromatic heterocycles. The van der Waals surface area contributed by atoms with Gasteiger partial charge in [0, 0.05) is 25.6 Å². The van der Waals surface area contributed by atoms with Crippen LogP contribution in [0.1, 0.15) is 43.5 Å². The van der Waals surface area contributed by atoms with Gasteiger partial charge in [0.2, 0.25) is 0 Å². The third-order valence-corrected chi connectivity index (χ3v) is 4.61. The number of nitrogens with zero attached hydrogens (tertiary/aromatic N) is 3. The molecule has 0 saturated carbocycles. The molecule has 1 saturated heterocycles. The minimum atomic E-state index is 0.0427. The predicted molar refractivity (Wildman–Crippen MR) is 91.8 cm³/mol. The molecule has 2 aromatic rings. The number of piperidine rings is 1. The first-order valence-corrected chi connectivity index (χ1v) is 8.71. The van der Waals surface area contributed by atoms with Crippen molar-refractivity contribution in [3.63, 3.8) is 0 Å². The number of aryl methyl sites for hydroxylation is 2. The van der Waals surface area contributed by atoms with Crippen LogP contribution >= 0.6 is 0 Å². The van der Waals surface area contributed by atoms with Crippen molar-refractivity contribution in [1.29, 1.82) is 0 Å². The summed E-state index contributed by atoms with van der Waals surface area (Å²) >= 11 is 0. The zero-order valence-corrected chi connectivity index (χ0v) is 13.9. The maximum absolute atomic E-state index is 12.5. The molecule has 3 rings (SSSR count). The first kappa shape index (κ1) is 16.0. The Labute approximate surface area is 137 Å². The highest BCUT2D eigenvalue weighted by Gasteiger charge is 2.23. The molecule has 5 heteroatoms. The highest BCUT2D eigenvalue weighted by molar-refractivity contribution is 5.14. The Morgan fingerprint density at radius 1 is 1.30 bits per heavy atom. The van der Waals surface area contributed by atoms with Crippen molar-refractivity contribution in [2.75, 3.05) is 13.1 Å². The number of rotatable bonds is 6. The Kier molecular flexibility index (Phi) is 5.28. The van der Waals surface area contributed by atoms with Crippen molar-refractivity contribution in [3.05, 3.63) is 52.2 Å². The molecule has 1 N–H and O–H groups in total. The van der Waals surface area contributed by atoms with Gasteiger partial charge in [-0.1, -0.05) is 30.3 Å². The Balaban J connectivity index is 1.69. The van der Waals surface area contributed by atoms with Crippen molar-refractivity contribution in [2.45, 2.75) is 51.6 Å². The van der Waals surface area contributed by atoms with E-state index in [1.54, 1.807) is 4.68 Å². The summed E-state index contributed by atoms with van der Waals surface area (Å²) in [6.07, 6.45) is 4.19. The minimum absolute atomic E-state index is 0.0427. The molecule has 0 amide bonds. The predicted octanol–water partition coefficient (Wildman–Crippen LogP) is 2.16. The van der Waals surface area contributed by atoms with Gasteiger partial charge in [0.1, 0.15) is 5.82 Å². The van der Waals surface area contributed by atoms with Crippen LogP contribution in [0.15, 0.2) is 35.1 Å². The molecule has 1 aromatic carbocycles. The van der Waals surface area contributed by atoms with E-state index in [0.29, 0.717) is 19.0 Å². The van der Waals surface area contributed by atoms with Crippen LogP contribution in [-0.4, -0.2) is 27.4 Å². The second kappa shape index (κ2) is 7.59. The number of hydrogen-bond acceptors (Lipinski definition) is 3. The average molecular weight is 314 g/mol. The standard InChI is InChI=1S/C18H26N4O/c1-2-21-17(16-11-6-12-19-14-16)20-22(18(21)23)13-7-10-15-8-4-3-5-9-15/h3-5,8-9,16,19H,2,6-7,10-14H2,1H3/t16-/m1/s1. The molecule has 0 spiro atoms. The summed E-state index contributed by atoms with van der Waals surface area (Å²) in [5.74, 6) is 1.33. The van der Waals surface area contributed by atoms with Crippen LogP contribution in [-0.2, 0) is 19.5 Å². The summed E-state index contributed by atoms with van der Waals surface area (Å²) in [4.78, 5) is 12.5. The third-order valence-electron chi connectivity index (χ3n) is 4.61. The van der Waals surface area contributed by atoms with Gasteiger partial charge in [0.25, 0.3) is 0 Å². The Morgan fingerprint density at radius 2 is 2.13 bits per heavy atom. The maximum Gasteiger partial charge on any atom is 0.345 e. The van der Waals surface area contributed by atoms with Gasteiger partial charge in [-0.25, -0.2) is 9.48 Å². The van der Waals surface area contributed by atoms with Crippen LogP contribution in [0, 0.1) is 0 Å². The summed E-state index contributed by atoms with van der Waals surface area (Å²) < 4.78 is 3.51. The molecule has 23 heavy (non-hydrogen) atoms. The van der Waals surface area contributed by atoms with Gasteiger partial charge >= 0.3 is 5.69 Å². The molecule has 2 heterocycles. The van der Waals surface area contributed by atoms with Crippen LogP contribution in [0.4, 0.5) is 0 Å². The van der Waals surface area contributed by atoms with Gasteiger partial charge in [-0.3, -0.25) is 4.57 Å². The summed E-state index contributed by atoms with van der Waals surface area (Å²) in [6.45, 7) is 5.42. The second-order valence-corrected chi connectivity index (χ2v) is 6.24. The van der Waals surface area contributed by atoms with E-state index in [1.807, 2.05) is 17.6 Å². The Hall–Kier alpha value is -1.88. The first-order valence-electron chi connectivity index (χ1n) is 8.71. The fourth-order valence-corrected chi connectivity index (χ4v) is 3.35. The van der Waals surface area contributed by atoms with E-state index in [-0.39, 0.29) is 5.69 Å². The number of nitrogens with one attached hydrogen (secondary N) is 1. The van der Waals surface area contributed by atoms with Crippen molar-refractivity contribution in [1.82, 2.24) is 19.7 Å². The van der Waals surface area contributed by atoms with Gasteiger partial charge in [0.05, 0.1) is 0 Å². The molecule has 0 unspecified atom stereocenters. The molecular weight excluding hydrogens is 288 g/mol. The third kappa shape index (κ3) is 3.72. The first-order chi connectivity index (χ1) is 11.3. The Morgan fingerprint density at radius 3 is 2.83 bits per heavy atom. The molecule has 0 aliphatic carbocycles. The van der Waals surface area contributed by atoms with E-state index in [1.165, 1.54) is 5.56 Å². The van der Waals surface area contributed by atoms with Crippen LogP contribution < -0.4 is 11.0 Å². The van der Waals surface area contributed by atoms with Crippen molar-refractivity contribution in [2.24, 2.45) is 0 Å². The van der Waals surface area contributed by atoms with Crippen molar-refractivity contribution < 1.29 is 0 Å². The molecule has 5 nitrogen and oxygen atoms in total. The fraction of sp³-hybridized carbons (Fsp3) is 0.556. The summed E-state index contributed by atoms with van der Waals surface area (Å²) in [5.41, 5.74) is 1.35. The van der Waals surface area contributed by atoms with Gasteiger partial charge in [-0.05, 0) is 44.7 Å². The number of benzene rings is 1. The second-order valence-electron chi connectivity index (χ2n) is 6.24. The number of aromatic nitrogens is 3. The van der Waals surface area contributed by atoms with Crippen LogP contribution in [0.3, 0.4) is 0 Å². The lowest BCUT2D eigenvalue weighted by molar-refractivity contribution is 0.430. The molecule has 1 aliphatic heterocycles. The van der Waals surface area contributed by atoms with Gasteiger partial charge in [-0.15, -0.1) is 0 Å². The van der Waals surface area contributed by atoms with Gasteiger partial charge in [-0.2, -0.15) is 5.10 Å². The summed E-state index contributed by atoms with van der Waals surface area (Å²) in [5, 5.41) is 8.08. The van der Waals surface area contributed by atoms with Crippen molar-refractivity contribution >= 4 is 0 Å². The van der Waals surface area contributed by atoms with E-state index in [9.17, 15) is 4.79 Å². The monoisotopic (exact) mass is 314 g/mol. The SMILES string of the molecule is CCn1c([C@@H]2CCCNC2)nn(CCCc2ccccc2)c1=O. The van der Waals surface area contributed by atoms with Crippen LogP contribution in [0.5, 0.6) is 0 Å². The molecule has 1 fully saturated rings. The van der Waals surface area contributed by atoms with Gasteiger partial charge in [0.15, 0.2) is 0 Å². The summed E-state index contributed by atoms with van der Waals surface area (Å²) in [7, 11) is 0. The normalized spacial score (nSPS) is 18.2. The van der Waals surface area contributed by atoms with E-state index in [2.05, 4.69) is 34.7 Å². The van der Waals surface area contributed by atoms with Crippen LogP contribution in [0.25, 0.3) is 0 Å². The zero-order chi connectivity index (χ0) is 16.1. The zero-order valence-electron chi connectivity index (χ0n) is 13.9. The van der Waals surface area contributed by atoms with E-state index < -0.39 is 0 Å². The average Bonchev–Trinajstić information content (AvgIpc) is 2.93. The lowest BCUT2D eigenvalue weighted by atomic mass is 9.99. The Bertz CT molecular complexity index is 668. The molecule has 1 aliphatic rings. The van der Waals surface area contributed by atoms with E-state index in [4.69, 9.17) is 0 Å². The number of hydrogen-bond donors (Lipinski definition) is 1. The highest BCUT2D eigenvalue weighted by Crippen LogP contribution is 2.20. The largest absolute Gasteiger partial charge is 0.345 e. The fourth-order valence-electron chi connectivity index (χ4n) is 3.35. The minimum Gasteiger partial charge on any atom is -0.316 e. The lowest BCUT2D eigenvalue weighted by Crippen LogP contribution is -2.31. The lowest BCUT2D eigenvalue weighted by Gasteiger charge is -2.21. The summed E-state index contributed by atoms with van der Waals surface area (Å²) in [6, 6.07) is 10.4. The highest BCUT2D eigenvalue weighted by atomic mass is 16.2. The van der Waals surface area contributed by atoms with E-state index in [0.717, 1.165) is 44.6 Å². The smallest absolute Gasteiger partial charge is 0.316 e. The maximum atomic E-state index is 12.5. The molecule has 0 bridgehead atoms. The van der Waals surface area contributed by atoms with Crippen LogP contribution in [0.2, 0.25) is 0 Å². The quantitative estimate of drug-likeness (QED) is 0.889. The molecule has 1 atom stereocenters. The molecular formula is C18H26N4O. The van der Waals surface area contributed by atoms with Crippen molar-refractivity contribution in [3.8, 4) is 0 Å². The molecule has 124 valence electrons. The van der Waals surface area contributed by atoms with Gasteiger partial charge < -0.3 is 5.32 Å². The van der Waals surface area contributed by atoms with E-state index >= 15 is 0 Å². The topological polar surface area (TPSA) is 51.9 Å².